The van der Waals surface area contributed by atoms with E-state index < -0.39 is 17.7 Å². The lowest BCUT2D eigenvalue weighted by atomic mass is 10.0. The van der Waals surface area contributed by atoms with Crippen LogP contribution in [0.1, 0.15) is 23.6 Å². The molecule has 3 rings (SSSR count). The predicted octanol–water partition coefficient (Wildman–Crippen LogP) is 2.68. The molecule has 0 bridgehead atoms. The highest BCUT2D eigenvalue weighted by Gasteiger charge is 2.33. The summed E-state index contributed by atoms with van der Waals surface area (Å²) in [7, 11) is 1.55. The Kier molecular flexibility index (Phi) is 4.54. The normalized spacial score (nSPS) is 21.6. The van der Waals surface area contributed by atoms with Crippen molar-refractivity contribution in [3.8, 4) is 5.88 Å². The van der Waals surface area contributed by atoms with Crippen LogP contribution in [0.4, 0.5) is 8.78 Å². The Balaban J connectivity index is 1.86. The fraction of sp³-hybridized carbons (Fsp3) is 0.353. The molecule has 0 saturated carbocycles. The van der Waals surface area contributed by atoms with Gasteiger partial charge in [0.15, 0.2) is 11.6 Å². The van der Waals surface area contributed by atoms with Crippen molar-refractivity contribution in [2.24, 2.45) is 0 Å². The van der Waals surface area contributed by atoms with Crippen LogP contribution in [-0.2, 0) is 6.54 Å². The number of methoxy groups -OCH3 is 1. The van der Waals surface area contributed by atoms with Crippen LogP contribution < -0.4 is 4.74 Å². The maximum atomic E-state index is 13.5. The van der Waals surface area contributed by atoms with Crippen LogP contribution in [0.5, 0.6) is 5.88 Å². The number of β-amino-alcohol motifs (C(OH)–C–C–N with tert-alkyl or cyclic N) is 1. The highest BCUT2D eigenvalue weighted by molar-refractivity contribution is 5.27. The van der Waals surface area contributed by atoms with Gasteiger partial charge in [-0.3, -0.25) is 4.90 Å². The molecule has 23 heavy (non-hydrogen) atoms. The molecule has 4 nitrogen and oxygen atoms in total. The first-order valence-electron chi connectivity index (χ1n) is 7.43. The van der Waals surface area contributed by atoms with Crippen molar-refractivity contribution < 1.29 is 18.6 Å². The molecule has 6 heteroatoms. The zero-order valence-corrected chi connectivity index (χ0v) is 12.7. The number of aromatic nitrogens is 1. The largest absolute Gasteiger partial charge is 0.481 e. The molecule has 1 saturated heterocycles. The third-order valence-corrected chi connectivity index (χ3v) is 4.13. The zero-order valence-electron chi connectivity index (χ0n) is 12.7. The first-order valence-corrected chi connectivity index (χ1v) is 7.43. The molecule has 0 aliphatic carbocycles. The van der Waals surface area contributed by atoms with E-state index in [2.05, 4.69) is 4.98 Å². The molecule has 1 aromatic carbocycles. The number of ether oxygens (including phenoxy) is 1. The van der Waals surface area contributed by atoms with Crippen LogP contribution in [0.3, 0.4) is 0 Å². The number of hydrogen-bond donors (Lipinski definition) is 1. The molecule has 1 N–H and O–H groups in total. The summed E-state index contributed by atoms with van der Waals surface area (Å²) in [5.74, 6) is -1.21. The van der Waals surface area contributed by atoms with Gasteiger partial charge in [0.1, 0.15) is 0 Å². The standard InChI is InChI=1S/C17H18F2N2O2/c1-23-17-12(3-2-6-20-17)9-21-10-13(22)8-16(21)11-4-5-14(18)15(19)7-11/h2-7,13,16,22H,8-10H2,1H3/t13-,16-/m1/s1. The van der Waals surface area contributed by atoms with Gasteiger partial charge in [-0.1, -0.05) is 12.1 Å². The fourth-order valence-corrected chi connectivity index (χ4v) is 3.07. The van der Waals surface area contributed by atoms with Gasteiger partial charge in [0.2, 0.25) is 5.88 Å². The molecule has 0 spiro atoms. The summed E-state index contributed by atoms with van der Waals surface area (Å²) in [6, 6.07) is 7.43. The molecule has 1 aliphatic rings. The maximum absolute atomic E-state index is 13.5. The molecule has 2 atom stereocenters. The van der Waals surface area contributed by atoms with E-state index >= 15 is 0 Å². The highest BCUT2D eigenvalue weighted by atomic mass is 19.2. The molecule has 1 fully saturated rings. The third-order valence-electron chi connectivity index (χ3n) is 4.13. The first-order chi connectivity index (χ1) is 11.1. The Morgan fingerprint density at radius 1 is 1.30 bits per heavy atom. The summed E-state index contributed by atoms with van der Waals surface area (Å²) in [6.07, 6.45) is 1.62. The monoisotopic (exact) mass is 320 g/mol. The topological polar surface area (TPSA) is 45.6 Å². The molecule has 0 radical (unpaired) electrons. The Hall–Kier alpha value is -2.05. The van der Waals surface area contributed by atoms with Gasteiger partial charge in [0.25, 0.3) is 0 Å². The minimum absolute atomic E-state index is 0.176. The van der Waals surface area contributed by atoms with Gasteiger partial charge in [0, 0.05) is 30.9 Å². The SMILES string of the molecule is COc1ncccc1CN1C[C@H](O)C[C@@H]1c1ccc(F)c(F)c1. The summed E-state index contributed by atoms with van der Waals surface area (Å²) in [6.45, 7) is 0.972. The molecule has 2 aromatic rings. The van der Waals surface area contributed by atoms with Crippen molar-refractivity contribution in [1.82, 2.24) is 9.88 Å². The second kappa shape index (κ2) is 6.60. The van der Waals surface area contributed by atoms with E-state index in [0.717, 1.165) is 11.6 Å². The van der Waals surface area contributed by atoms with E-state index in [4.69, 9.17) is 4.74 Å². The second-order valence-corrected chi connectivity index (χ2v) is 5.68. The average molecular weight is 320 g/mol. The number of rotatable bonds is 4. The Morgan fingerprint density at radius 3 is 2.87 bits per heavy atom. The molecular formula is C17H18F2N2O2. The molecule has 122 valence electrons. The van der Waals surface area contributed by atoms with E-state index in [1.54, 1.807) is 19.4 Å². The second-order valence-electron chi connectivity index (χ2n) is 5.68. The van der Waals surface area contributed by atoms with E-state index in [9.17, 15) is 13.9 Å². The van der Waals surface area contributed by atoms with Crippen LogP contribution in [-0.4, -0.2) is 34.7 Å². The lowest BCUT2D eigenvalue weighted by molar-refractivity contribution is 0.172. The lowest BCUT2D eigenvalue weighted by Crippen LogP contribution is -2.24. The molecule has 1 aromatic heterocycles. The minimum atomic E-state index is -0.872. The van der Waals surface area contributed by atoms with E-state index in [-0.39, 0.29) is 6.04 Å². The van der Waals surface area contributed by atoms with Gasteiger partial charge in [-0.15, -0.1) is 0 Å². The summed E-state index contributed by atoms with van der Waals surface area (Å²) in [4.78, 5) is 6.19. The van der Waals surface area contributed by atoms with Crippen molar-refractivity contribution in [3.05, 3.63) is 59.3 Å². The van der Waals surface area contributed by atoms with Gasteiger partial charge in [-0.2, -0.15) is 0 Å². The molecule has 1 aliphatic heterocycles. The van der Waals surface area contributed by atoms with Gasteiger partial charge in [-0.25, -0.2) is 13.8 Å². The smallest absolute Gasteiger partial charge is 0.217 e. The summed E-state index contributed by atoms with van der Waals surface area (Å²) >= 11 is 0. The molecule has 0 amide bonds. The predicted molar refractivity (Wildman–Crippen MR) is 80.9 cm³/mol. The zero-order chi connectivity index (χ0) is 16.4. The highest BCUT2D eigenvalue weighted by Crippen LogP contribution is 2.34. The van der Waals surface area contributed by atoms with Crippen LogP contribution in [0.15, 0.2) is 36.5 Å². The van der Waals surface area contributed by atoms with Crippen molar-refractivity contribution in [1.29, 1.82) is 0 Å². The molecular weight excluding hydrogens is 302 g/mol. The summed E-state index contributed by atoms with van der Waals surface area (Å²) in [5, 5.41) is 10.0. The summed E-state index contributed by atoms with van der Waals surface area (Å²) < 4.78 is 31.9. The molecule has 2 heterocycles. The van der Waals surface area contributed by atoms with Crippen LogP contribution >= 0.6 is 0 Å². The van der Waals surface area contributed by atoms with E-state index in [1.807, 2.05) is 17.0 Å². The average Bonchev–Trinajstić information content (AvgIpc) is 2.91. The van der Waals surface area contributed by atoms with Crippen molar-refractivity contribution in [2.75, 3.05) is 13.7 Å². The minimum Gasteiger partial charge on any atom is -0.481 e. The Morgan fingerprint density at radius 2 is 2.13 bits per heavy atom. The lowest BCUT2D eigenvalue weighted by Gasteiger charge is -2.25. The number of pyridine rings is 1. The number of likely N-dealkylation sites (tertiary alicyclic amines) is 1. The van der Waals surface area contributed by atoms with Crippen molar-refractivity contribution >= 4 is 0 Å². The van der Waals surface area contributed by atoms with Gasteiger partial charge < -0.3 is 9.84 Å². The fourth-order valence-electron chi connectivity index (χ4n) is 3.07. The van der Waals surface area contributed by atoms with E-state index in [0.29, 0.717) is 31.0 Å². The van der Waals surface area contributed by atoms with Crippen molar-refractivity contribution in [3.63, 3.8) is 0 Å². The Bertz CT molecular complexity index is 696. The van der Waals surface area contributed by atoms with Crippen LogP contribution in [0, 0.1) is 11.6 Å². The third kappa shape index (κ3) is 3.33. The maximum Gasteiger partial charge on any atom is 0.217 e. The van der Waals surface area contributed by atoms with Crippen molar-refractivity contribution in [2.45, 2.75) is 25.1 Å². The number of aliphatic hydroxyl groups is 1. The molecule has 0 unspecified atom stereocenters. The van der Waals surface area contributed by atoms with Gasteiger partial charge in [0.05, 0.1) is 13.2 Å². The quantitative estimate of drug-likeness (QED) is 0.941. The number of nitrogens with zero attached hydrogens (tertiary/aromatic N) is 2. The number of halogens is 2. The van der Waals surface area contributed by atoms with Crippen LogP contribution in [0.25, 0.3) is 0 Å². The first kappa shape index (κ1) is 15.8. The number of benzene rings is 1. The van der Waals surface area contributed by atoms with Gasteiger partial charge >= 0.3 is 0 Å². The Labute approximate surface area is 133 Å². The van der Waals surface area contributed by atoms with Gasteiger partial charge in [-0.05, 0) is 30.2 Å². The van der Waals surface area contributed by atoms with E-state index in [1.165, 1.54) is 6.07 Å². The number of aliphatic hydroxyl groups excluding tert-OH is 1. The van der Waals surface area contributed by atoms with Crippen LogP contribution in [0.2, 0.25) is 0 Å². The summed E-state index contributed by atoms with van der Waals surface area (Å²) in [5.41, 5.74) is 1.54. The number of hydrogen-bond acceptors (Lipinski definition) is 4.